The second-order valence-electron chi connectivity index (χ2n) is 3.75. The van der Waals surface area contributed by atoms with E-state index in [9.17, 15) is 4.79 Å². The van der Waals surface area contributed by atoms with Crippen LogP contribution < -0.4 is 5.32 Å². The van der Waals surface area contributed by atoms with E-state index in [4.69, 9.17) is 0 Å². The summed E-state index contributed by atoms with van der Waals surface area (Å²) in [5.41, 5.74) is 2.52. The minimum absolute atomic E-state index is 0.349. The van der Waals surface area contributed by atoms with Crippen LogP contribution in [0, 0.1) is 0 Å². The molecule has 0 spiro atoms. The van der Waals surface area contributed by atoms with Gasteiger partial charge in [-0.3, -0.25) is 0 Å². The molecule has 0 heterocycles. The molecule has 0 saturated carbocycles. The van der Waals surface area contributed by atoms with Crippen LogP contribution in [0.15, 0.2) is 65.7 Å². The molecule has 1 N–H and O–H groups in total. The van der Waals surface area contributed by atoms with Gasteiger partial charge in [0.1, 0.15) is 0 Å². The summed E-state index contributed by atoms with van der Waals surface area (Å²) in [6, 6.07) is 19.0. The maximum absolute atomic E-state index is 11.5. The molecule has 0 aliphatic heterocycles. The quantitative estimate of drug-likeness (QED) is 0.803. The molecule has 0 saturated heterocycles. The van der Waals surface area contributed by atoms with Gasteiger partial charge in [-0.05, 0) is 0 Å². The molecule has 0 aromatic heterocycles. The number of carbonyl (C=O) groups excluding carboxylic acids is 1. The molecule has 2 aromatic rings. The highest BCUT2D eigenvalue weighted by Gasteiger charge is 2.07. The Morgan fingerprint density at radius 1 is 0.889 bits per heavy atom. The topological polar surface area (TPSA) is 41.5 Å². The Balaban J connectivity index is 2.49. The van der Waals surface area contributed by atoms with Crippen LogP contribution in [0.3, 0.4) is 0 Å². The molecule has 0 aliphatic rings. The third kappa shape index (κ3) is 2.83. The number of urea groups is 1. The van der Waals surface area contributed by atoms with Gasteiger partial charge in [-0.1, -0.05) is 60.7 Å². The molecule has 90 valence electrons. The maximum Gasteiger partial charge on any atom is 0.341 e. The van der Waals surface area contributed by atoms with E-state index in [0.29, 0.717) is 5.71 Å². The number of carbonyl (C=O) groups is 1. The molecule has 2 amide bonds. The number of benzene rings is 2. The number of nitrogens with one attached hydrogen (secondary N) is 1. The number of aliphatic imine (C=N–C) groups is 1. The highest BCUT2D eigenvalue weighted by molar-refractivity contribution is 6.16. The molecular formula is C15H14N2O. The minimum Gasteiger partial charge on any atom is -0.339 e. The number of nitrogens with zero attached hydrogens (tertiary/aromatic N) is 1. The summed E-state index contributed by atoms with van der Waals surface area (Å²) in [5.74, 6) is 0. The van der Waals surface area contributed by atoms with Gasteiger partial charge in [-0.25, -0.2) is 4.79 Å². The lowest BCUT2D eigenvalue weighted by Crippen LogP contribution is -2.16. The molecule has 3 heteroatoms. The minimum atomic E-state index is -0.349. The SMILES string of the molecule is CNC(=O)N=C(c1ccccc1)c1ccccc1. The predicted molar refractivity (Wildman–Crippen MR) is 73.0 cm³/mol. The van der Waals surface area contributed by atoms with E-state index in [-0.39, 0.29) is 6.03 Å². The molecule has 18 heavy (non-hydrogen) atoms. The lowest BCUT2D eigenvalue weighted by Gasteiger charge is -2.06. The third-order valence-corrected chi connectivity index (χ3v) is 2.52. The van der Waals surface area contributed by atoms with Crippen molar-refractivity contribution in [2.75, 3.05) is 7.05 Å². The van der Waals surface area contributed by atoms with E-state index in [1.807, 2.05) is 60.7 Å². The van der Waals surface area contributed by atoms with Crippen molar-refractivity contribution in [3.8, 4) is 0 Å². The van der Waals surface area contributed by atoms with Crippen LogP contribution in [0.2, 0.25) is 0 Å². The fourth-order valence-electron chi connectivity index (χ4n) is 1.65. The normalized spacial score (nSPS) is 9.61. The van der Waals surface area contributed by atoms with Crippen molar-refractivity contribution < 1.29 is 4.79 Å². The summed E-state index contributed by atoms with van der Waals surface area (Å²) in [4.78, 5) is 15.6. The van der Waals surface area contributed by atoms with Crippen LogP contribution in [0.25, 0.3) is 0 Å². The third-order valence-electron chi connectivity index (χ3n) is 2.52. The summed E-state index contributed by atoms with van der Waals surface area (Å²) in [6.45, 7) is 0. The summed E-state index contributed by atoms with van der Waals surface area (Å²) < 4.78 is 0. The zero-order valence-electron chi connectivity index (χ0n) is 10.1. The monoisotopic (exact) mass is 238 g/mol. The van der Waals surface area contributed by atoms with Gasteiger partial charge in [0, 0.05) is 18.2 Å². The first kappa shape index (κ1) is 12.0. The number of hydrogen-bond donors (Lipinski definition) is 1. The van der Waals surface area contributed by atoms with Crippen molar-refractivity contribution in [2.45, 2.75) is 0 Å². The summed E-state index contributed by atoms with van der Waals surface area (Å²) in [6.07, 6.45) is 0. The van der Waals surface area contributed by atoms with Crippen molar-refractivity contribution in [1.82, 2.24) is 5.32 Å². The molecule has 2 rings (SSSR count). The average molecular weight is 238 g/mol. The zero-order valence-corrected chi connectivity index (χ0v) is 10.1. The van der Waals surface area contributed by atoms with Crippen molar-refractivity contribution in [3.05, 3.63) is 71.8 Å². The van der Waals surface area contributed by atoms with Gasteiger partial charge in [-0.2, -0.15) is 4.99 Å². The zero-order chi connectivity index (χ0) is 12.8. The van der Waals surface area contributed by atoms with Gasteiger partial charge >= 0.3 is 6.03 Å². The van der Waals surface area contributed by atoms with E-state index in [1.54, 1.807) is 7.05 Å². The van der Waals surface area contributed by atoms with Crippen LogP contribution >= 0.6 is 0 Å². The van der Waals surface area contributed by atoms with Gasteiger partial charge in [0.25, 0.3) is 0 Å². The van der Waals surface area contributed by atoms with E-state index in [1.165, 1.54) is 0 Å². The van der Waals surface area contributed by atoms with Crippen LogP contribution in [0.5, 0.6) is 0 Å². The highest BCUT2D eigenvalue weighted by atomic mass is 16.2. The molecular weight excluding hydrogens is 224 g/mol. The largest absolute Gasteiger partial charge is 0.341 e. The van der Waals surface area contributed by atoms with Gasteiger partial charge < -0.3 is 5.32 Å². The second kappa shape index (κ2) is 5.77. The fraction of sp³-hybridized carbons (Fsp3) is 0.0667. The predicted octanol–water partition coefficient (Wildman–Crippen LogP) is 2.86. The summed E-state index contributed by atoms with van der Waals surface area (Å²) in [7, 11) is 1.57. The molecule has 3 nitrogen and oxygen atoms in total. The fourth-order valence-corrected chi connectivity index (χ4v) is 1.65. The van der Waals surface area contributed by atoms with E-state index < -0.39 is 0 Å². The molecule has 0 unspecified atom stereocenters. The van der Waals surface area contributed by atoms with E-state index >= 15 is 0 Å². The maximum atomic E-state index is 11.5. The van der Waals surface area contributed by atoms with Crippen molar-refractivity contribution >= 4 is 11.7 Å². The van der Waals surface area contributed by atoms with E-state index in [0.717, 1.165) is 11.1 Å². The molecule has 0 aliphatic carbocycles. The lowest BCUT2D eigenvalue weighted by atomic mass is 10.0. The van der Waals surface area contributed by atoms with E-state index in [2.05, 4.69) is 10.3 Å². The van der Waals surface area contributed by atoms with Crippen molar-refractivity contribution in [3.63, 3.8) is 0 Å². The van der Waals surface area contributed by atoms with Crippen LogP contribution in [0.1, 0.15) is 11.1 Å². The Morgan fingerprint density at radius 3 is 1.72 bits per heavy atom. The summed E-state index contributed by atoms with van der Waals surface area (Å²) in [5, 5.41) is 2.51. The van der Waals surface area contributed by atoms with Gasteiger partial charge in [0.05, 0.1) is 5.71 Å². The first-order valence-corrected chi connectivity index (χ1v) is 5.72. The van der Waals surface area contributed by atoms with Gasteiger partial charge in [-0.15, -0.1) is 0 Å². The standard InChI is InChI=1S/C15H14N2O/c1-16-15(18)17-14(12-8-4-2-5-9-12)13-10-6-3-7-11-13/h2-11H,1H3,(H,16,18). The highest BCUT2D eigenvalue weighted by Crippen LogP contribution is 2.10. The van der Waals surface area contributed by atoms with Gasteiger partial charge in [0.2, 0.25) is 0 Å². The molecule has 2 aromatic carbocycles. The smallest absolute Gasteiger partial charge is 0.339 e. The van der Waals surface area contributed by atoms with Crippen molar-refractivity contribution in [1.29, 1.82) is 0 Å². The molecule has 0 fully saturated rings. The molecule has 0 bridgehead atoms. The van der Waals surface area contributed by atoms with Crippen LogP contribution in [-0.2, 0) is 0 Å². The summed E-state index contributed by atoms with van der Waals surface area (Å²) >= 11 is 0. The van der Waals surface area contributed by atoms with Crippen LogP contribution in [-0.4, -0.2) is 18.8 Å². The first-order chi connectivity index (χ1) is 8.81. The Labute approximate surface area is 106 Å². The average Bonchev–Trinajstić information content (AvgIpc) is 2.46. The Bertz CT molecular complexity index is 506. The number of hydrogen-bond acceptors (Lipinski definition) is 1. The number of amides is 2. The molecule has 0 atom stereocenters. The lowest BCUT2D eigenvalue weighted by molar-refractivity contribution is 0.251. The van der Waals surface area contributed by atoms with Crippen molar-refractivity contribution in [2.24, 2.45) is 4.99 Å². The van der Waals surface area contributed by atoms with Crippen LogP contribution in [0.4, 0.5) is 4.79 Å². The first-order valence-electron chi connectivity index (χ1n) is 5.72. The Morgan fingerprint density at radius 2 is 1.33 bits per heavy atom. The number of rotatable bonds is 2. The second-order valence-corrected chi connectivity index (χ2v) is 3.75. The Kier molecular flexibility index (Phi) is 3.86. The Hall–Kier alpha value is -2.42. The van der Waals surface area contributed by atoms with Gasteiger partial charge in [0.15, 0.2) is 0 Å². The molecule has 0 radical (unpaired) electrons.